The average molecular weight is 307 g/mol. The Morgan fingerprint density at radius 3 is 2.57 bits per heavy atom. The quantitative estimate of drug-likeness (QED) is 0.797. The van der Waals surface area contributed by atoms with Gasteiger partial charge in [-0.3, -0.25) is 15.0 Å². The van der Waals surface area contributed by atoms with Gasteiger partial charge >= 0.3 is 0 Å². The predicted octanol–water partition coefficient (Wildman–Crippen LogP) is 3.42. The van der Waals surface area contributed by atoms with Crippen LogP contribution < -0.4 is 0 Å². The van der Waals surface area contributed by atoms with Gasteiger partial charge in [0.25, 0.3) is 0 Å². The van der Waals surface area contributed by atoms with Crippen LogP contribution in [0.1, 0.15) is 18.2 Å². The van der Waals surface area contributed by atoms with Gasteiger partial charge in [0.1, 0.15) is 5.75 Å². The molecule has 0 saturated carbocycles. The van der Waals surface area contributed by atoms with E-state index in [4.69, 9.17) is 0 Å². The number of nitrogens with zero attached hydrogens (tertiary/aromatic N) is 3. The Labute approximate surface area is 137 Å². The third-order valence-electron chi connectivity index (χ3n) is 3.54. The summed E-state index contributed by atoms with van der Waals surface area (Å²) in [6.45, 7) is 6.81. The summed E-state index contributed by atoms with van der Waals surface area (Å²) >= 11 is 0. The number of allylic oxidation sites excluding steroid dienone is 1. The molecule has 0 spiro atoms. The lowest BCUT2D eigenvalue weighted by Gasteiger charge is -2.25. The van der Waals surface area contributed by atoms with Crippen molar-refractivity contribution >= 4 is 12.4 Å². The van der Waals surface area contributed by atoms with E-state index in [0.29, 0.717) is 18.7 Å². The van der Waals surface area contributed by atoms with Crippen molar-refractivity contribution in [2.45, 2.75) is 12.3 Å². The summed E-state index contributed by atoms with van der Waals surface area (Å²) in [5.74, 6) is 0.223. The summed E-state index contributed by atoms with van der Waals surface area (Å²) in [6.07, 6.45) is 6.81. The molecule has 4 heteroatoms. The summed E-state index contributed by atoms with van der Waals surface area (Å²) in [4.78, 5) is 13.3. The second kappa shape index (κ2) is 8.03. The minimum atomic E-state index is -0.318. The highest BCUT2D eigenvalue weighted by Gasteiger charge is 2.27. The molecule has 0 aliphatic carbocycles. The molecule has 1 aromatic carbocycles. The lowest BCUT2D eigenvalue weighted by Crippen LogP contribution is -2.30. The fraction of sp³-hybridized carbons (Fsp3) is 0.211. The maximum atomic E-state index is 9.79. The summed E-state index contributed by atoms with van der Waals surface area (Å²) in [5.41, 5.74) is 1.32. The normalized spacial score (nSPS) is 14.1. The van der Waals surface area contributed by atoms with E-state index in [1.807, 2.05) is 30.3 Å². The molecule has 0 saturated heterocycles. The zero-order valence-corrected chi connectivity index (χ0v) is 13.3. The van der Waals surface area contributed by atoms with Gasteiger partial charge in [0, 0.05) is 35.3 Å². The van der Waals surface area contributed by atoms with E-state index < -0.39 is 0 Å². The molecule has 0 fully saturated rings. The Balaban J connectivity index is 2.19. The summed E-state index contributed by atoms with van der Waals surface area (Å²) < 4.78 is 0. The number of aromatic nitrogens is 1. The van der Waals surface area contributed by atoms with Crippen molar-refractivity contribution in [3.8, 4) is 5.75 Å². The molecule has 0 unspecified atom stereocenters. The third kappa shape index (κ3) is 4.61. The van der Waals surface area contributed by atoms with Crippen LogP contribution in [0, 0.1) is 0 Å². The maximum absolute atomic E-state index is 9.79. The van der Waals surface area contributed by atoms with Gasteiger partial charge in [-0.25, -0.2) is 0 Å². The van der Waals surface area contributed by atoms with Gasteiger partial charge in [-0.2, -0.15) is 0 Å². The molecule has 0 aliphatic heterocycles. The summed E-state index contributed by atoms with van der Waals surface area (Å²) in [7, 11) is 0. The number of hydrogen-bond donors (Lipinski definition) is 1. The molecule has 1 N–H and O–H groups in total. The molecule has 0 amide bonds. The Morgan fingerprint density at radius 1 is 1.13 bits per heavy atom. The highest BCUT2D eigenvalue weighted by atomic mass is 16.3. The second-order valence-corrected chi connectivity index (χ2v) is 5.53. The number of aliphatic imine (C=N–C) groups is 2. The van der Waals surface area contributed by atoms with E-state index in [9.17, 15) is 5.11 Å². The highest BCUT2D eigenvalue weighted by molar-refractivity contribution is 5.83. The Bertz CT molecular complexity index is 695. The number of aromatic hydroxyl groups is 1. The van der Waals surface area contributed by atoms with E-state index in [1.54, 1.807) is 36.8 Å². The van der Waals surface area contributed by atoms with E-state index in [1.165, 1.54) is 0 Å². The van der Waals surface area contributed by atoms with Crippen LogP contribution in [-0.4, -0.2) is 35.6 Å². The summed E-state index contributed by atoms with van der Waals surface area (Å²) in [6, 6.07) is 13.0. The van der Waals surface area contributed by atoms with Gasteiger partial charge < -0.3 is 5.11 Å². The molecule has 2 aromatic rings. The van der Waals surface area contributed by atoms with Crippen molar-refractivity contribution in [3.63, 3.8) is 0 Å². The largest absolute Gasteiger partial charge is 0.507 e. The van der Waals surface area contributed by atoms with Gasteiger partial charge in [-0.1, -0.05) is 37.8 Å². The minimum absolute atomic E-state index is 0.223. The first-order valence-electron chi connectivity index (χ1n) is 7.46. The van der Waals surface area contributed by atoms with Crippen molar-refractivity contribution in [3.05, 3.63) is 72.6 Å². The van der Waals surface area contributed by atoms with Crippen LogP contribution in [0.5, 0.6) is 5.75 Å². The minimum Gasteiger partial charge on any atom is -0.507 e. The average Bonchev–Trinajstić information content (AvgIpc) is 2.58. The molecule has 1 heterocycles. The third-order valence-corrected chi connectivity index (χ3v) is 3.54. The van der Waals surface area contributed by atoms with Gasteiger partial charge in [0.15, 0.2) is 0 Å². The number of benzene rings is 1. The van der Waals surface area contributed by atoms with Crippen LogP contribution in [0.2, 0.25) is 0 Å². The van der Waals surface area contributed by atoms with Crippen molar-refractivity contribution in [2.24, 2.45) is 9.98 Å². The smallest absolute Gasteiger partial charge is 0.124 e. The lowest BCUT2D eigenvalue weighted by molar-refractivity contribution is 0.473. The number of phenolic OH excluding ortho intramolecular Hbond substituents is 1. The fourth-order valence-corrected chi connectivity index (χ4v) is 2.20. The number of rotatable bonds is 7. The van der Waals surface area contributed by atoms with Crippen molar-refractivity contribution in [1.82, 2.24) is 4.98 Å². The highest BCUT2D eigenvalue weighted by Crippen LogP contribution is 2.23. The maximum Gasteiger partial charge on any atom is 0.124 e. The Hall–Kier alpha value is -2.75. The molecular formula is C19H21N3O. The first-order chi connectivity index (χ1) is 11.2. The summed E-state index contributed by atoms with van der Waals surface area (Å²) in [5, 5.41) is 9.79. The van der Waals surface area contributed by atoms with Crippen molar-refractivity contribution in [1.29, 1.82) is 0 Å². The monoisotopic (exact) mass is 307 g/mol. The van der Waals surface area contributed by atoms with E-state index in [2.05, 4.69) is 28.5 Å². The SMILES string of the molecule is C=C/C=N/C[C@](C)(C/N=C/c1ccccc1O)c1ccccn1. The molecule has 4 nitrogen and oxygen atoms in total. The van der Waals surface area contributed by atoms with Crippen molar-refractivity contribution in [2.75, 3.05) is 13.1 Å². The molecule has 1 atom stereocenters. The van der Waals surface area contributed by atoms with E-state index >= 15 is 0 Å². The van der Waals surface area contributed by atoms with Gasteiger partial charge in [-0.05, 0) is 24.3 Å². The zero-order valence-electron chi connectivity index (χ0n) is 13.3. The molecule has 1 aromatic heterocycles. The van der Waals surface area contributed by atoms with Crippen LogP contribution in [0.3, 0.4) is 0 Å². The molecule has 2 rings (SSSR count). The number of pyridine rings is 1. The first kappa shape index (κ1) is 16.6. The van der Waals surface area contributed by atoms with Gasteiger partial charge in [0.2, 0.25) is 0 Å². The molecule has 118 valence electrons. The standard InChI is InChI=1S/C19H21N3O/c1-3-11-20-14-19(2,18-10-6-7-12-22-18)15-21-13-16-8-4-5-9-17(16)23/h3-13,23H,1,14-15H2,2H3/b20-11+,21-13+/t19-/m1/s1. The second-order valence-electron chi connectivity index (χ2n) is 5.53. The van der Waals surface area contributed by atoms with Crippen LogP contribution >= 0.6 is 0 Å². The Kier molecular flexibility index (Phi) is 5.80. The first-order valence-corrected chi connectivity index (χ1v) is 7.46. The van der Waals surface area contributed by atoms with Crippen LogP contribution in [0.25, 0.3) is 0 Å². The van der Waals surface area contributed by atoms with Crippen molar-refractivity contribution < 1.29 is 5.11 Å². The number of para-hydroxylation sites is 1. The zero-order chi connectivity index (χ0) is 16.5. The van der Waals surface area contributed by atoms with Gasteiger partial charge in [0.05, 0.1) is 13.1 Å². The van der Waals surface area contributed by atoms with Crippen LogP contribution in [0.15, 0.2) is 71.3 Å². The number of hydrogen-bond acceptors (Lipinski definition) is 4. The van der Waals surface area contributed by atoms with Gasteiger partial charge in [-0.15, -0.1) is 0 Å². The van der Waals surface area contributed by atoms with E-state index in [-0.39, 0.29) is 11.2 Å². The topological polar surface area (TPSA) is 57.8 Å². The predicted molar refractivity (Wildman–Crippen MR) is 95.7 cm³/mol. The van der Waals surface area contributed by atoms with E-state index in [0.717, 1.165) is 5.69 Å². The molecule has 0 bridgehead atoms. The molecular weight excluding hydrogens is 286 g/mol. The molecule has 23 heavy (non-hydrogen) atoms. The van der Waals surface area contributed by atoms with Crippen LogP contribution in [-0.2, 0) is 5.41 Å². The molecule has 0 radical (unpaired) electrons. The Morgan fingerprint density at radius 2 is 1.87 bits per heavy atom. The fourth-order valence-electron chi connectivity index (χ4n) is 2.20. The van der Waals surface area contributed by atoms with Crippen LogP contribution in [0.4, 0.5) is 0 Å². The number of phenols is 1. The molecule has 0 aliphatic rings. The lowest BCUT2D eigenvalue weighted by atomic mass is 9.86.